The summed E-state index contributed by atoms with van der Waals surface area (Å²) in [5.41, 5.74) is 0.415. The number of piperidine rings is 1. The number of urea groups is 1. The molecule has 1 aromatic heterocycles. The molecule has 7 heteroatoms. The summed E-state index contributed by atoms with van der Waals surface area (Å²) in [6.45, 7) is 4.38. The van der Waals surface area contributed by atoms with Gasteiger partial charge in [0, 0.05) is 12.5 Å². The van der Waals surface area contributed by atoms with E-state index in [1.165, 1.54) is 14.6 Å². The molecule has 1 aliphatic carbocycles. The largest absolute Gasteiger partial charge is 0.326 e. The van der Waals surface area contributed by atoms with Crippen LogP contribution in [0.1, 0.15) is 56.4 Å². The van der Waals surface area contributed by atoms with Gasteiger partial charge in [0.1, 0.15) is 5.54 Å². The molecule has 2 aromatic rings. The van der Waals surface area contributed by atoms with Crippen LogP contribution < -0.4 is 5.32 Å². The minimum Gasteiger partial charge on any atom is -0.323 e. The van der Waals surface area contributed by atoms with E-state index in [0.29, 0.717) is 18.5 Å². The standard InChI is InChI=1S/C22H28N4O2S/c1-15-8-10-22(11-9-15)20(27)26(21(28)24-22)14-25-12-4-5-16(13-25)19-23-17-6-2-3-7-18(17)29-19/h2-3,6-7,15-16H,4-5,8-14H2,1H3,(H,24,28)/t15?,16-,22?/m0/s1. The second kappa shape index (κ2) is 7.36. The van der Waals surface area contributed by atoms with Crippen LogP contribution in [-0.2, 0) is 4.79 Å². The second-order valence-electron chi connectivity index (χ2n) is 9.01. The number of thiazole rings is 1. The number of carbonyl (C=O) groups is 2. The lowest BCUT2D eigenvalue weighted by atomic mass is 9.77. The monoisotopic (exact) mass is 412 g/mol. The Hall–Kier alpha value is -1.99. The Morgan fingerprint density at radius 3 is 2.79 bits per heavy atom. The van der Waals surface area contributed by atoms with Gasteiger partial charge in [-0.25, -0.2) is 14.7 Å². The van der Waals surface area contributed by atoms with Gasteiger partial charge in [0.25, 0.3) is 5.91 Å². The molecule has 29 heavy (non-hydrogen) atoms. The van der Waals surface area contributed by atoms with E-state index in [1.54, 1.807) is 11.3 Å². The Balaban J connectivity index is 1.28. The van der Waals surface area contributed by atoms with Crippen LogP contribution in [-0.4, -0.2) is 52.0 Å². The lowest BCUT2D eigenvalue weighted by molar-refractivity contribution is -0.134. The highest BCUT2D eigenvalue weighted by Gasteiger charge is 2.52. The maximum atomic E-state index is 13.1. The maximum absolute atomic E-state index is 13.1. The van der Waals surface area contributed by atoms with Gasteiger partial charge in [-0.1, -0.05) is 19.1 Å². The summed E-state index contributed by atoms with van der Waals surface area (Å²) in [5.74, 6) is 0.985. The minimum atomic E-state index is -0.647. The number of carbonyl (C=O) groups excluding carboxylic acids is 2. The zero-order chi connectivity index (χ0) is 20.0. The van der Waals surface area contributed by atoms with Crippen molar-refractivity contribution in [2.45, 2.75) is 56.9 Å². The number of aromatic nitrogens is 1. The van der Waals surface area contributed by atoms with Crippen molar-refractivity contribution in [3.05, 3.63) is 29.3 Å². The average molecular weight is 413 g/mol. The van der Waals surface area contributed by atoms with E-state index in [4.69, 9.17) is 4.98 Å². The van der Waals surface area contributed by atoms with Crippen LogP contribution in [0.2, 0.25) is 0 Å². The fourth-order valence-electron chi connectivity index (χ4n) is 5.05. The van der Waals surface area contributed by atoms with Crippen LogP contribution >= 0.6 is 11.3 Å². The first-order valence-electron chi connectivity index (χ1n) is 10.8. The van der Waals surface area contributed by atoms with Gasteiger partial charge < -0.3 is 5.32 Å². The molecule has 3 fully saturated rings. The minimum absolute atomic E-state index is 0.0171. The summed E-state index contributed by atoms with van der Waals surface area (Å²) in [4.78, 5) is 34.3. The van der Waals surface area contributed by atoms with Gasteiger partial charge in [-0.2, -0.15) is 0 Å². The Bertz CT molecular complexity index is 901. The first-order valence-corrected chi connectivity index (χ1v) is 11.6. The molecule has 6 nitrogen and oxygen atoms in total. The van der Waals surface area contributed by atoms with Crippen LogP contribution in [0.25, 0.3) is 10.2 Å². The number of nitrogens with one attached hydrogen (secondary N) is 1. The molecular formula is C22H28N4O2S. The first-order chi connectivity index (χ1) is 14.0. The quantitative estimate of drug-likeness (QED) is 0.776. The van der Waals surface area contributed by atoms with E-state index >= 15 is 0 Å². The molecule has 1 spiro atoms. The number of hydrogen-bond donors (Lipinski definition) is 1. The van der Waals surface area contributed by atoms with Gasteiger partial charge in [0.05, 0.1) is 21.9 Å². The Morgan fingerprint density at radius 1 is 1.21 bits per heavy atom. The molecule has 3 amide bonds. The first kappa shape index (κ1) is 19.0. The molecule has 5 rings (SSSR count). The number of fused-ring (bicyclic) bond motifs is 1. The molecular weight excluding hydrogens is 384 g/mol. The summed E-state index contributed by atoms with van der Waals surface area (Å²) in [5, 5.41) is 4.21. The van der Waals surface area contributed by atoms with Crippen LogP contribution in [0, 0.1) is 5.92 Å². The van der Waals surface area contributed by atoms with Crippen LogP contribution in [0.15, 0.2) is 24.3 Å². The number of benzene rings is 1. The average Bonchev–Trinajstić information content (AvgIpc) is 3.26. The predicted octanol–water partition coefficient (Wildman–Crippen LogP) is 3.93. The molecule has 2 saturated heterocycles. The van der Waals surface area contributed by atoms with Gasteiger partial charge in [-0.3, -0.25) is 9.69 Å². The van der Waals surface area contributed by atoms with Crippen molar-refractivity contribution in [2.75, 3.05) is 19.8 Å². The maximum Gasteiger partial charge on any atom is 0.326 e. The van der Waals surface area contributed by atoms with Crippen molar-refractivity contribution < 1.29 is 9.59 Å². The van der Waals surface area contributed by atoms with E-state index < -0.39 is 5.54 Å². The van der Waals surface area contributed by atoms with Crippen molar-refractivity contribution in [1.29, 1.82) is 0 Å². The second-order valence-corrected chi connectivity index (χ2v) is 10.1. The Kier molecular flexibility index (Phi) is 4.82. The number of nitrogens with zero attached hydrogens (tertiary/aromatic N) is 3. The van der Waals surface area contributed by atoms with Crippen LogP contribution in [0.4, 0.5) is 4.79 Å². The predicted molar refractivity (Wildman–Crippen MR) is 114 cm³/mol. The highest BCUT2D eigenvalue weighted by molar-refractivity contribution is 7.18. The fourth-order valence-corrected chi connectivity index (χ4v) is 6.14. The van der Waals surface area contributed by atoms with Gasteiger partial charge in [0.2, 0.25) is 0 Å². The molecule has 3 heterocycles. The third-order valence-corrected chi connectivity index (χ3v) is 8.08. The zero-order valence-electron chi connectivity index (χ0n) is 16.9. The third-order valence-electron chi connectivity index (χ3n) is 6.88. The lowest BCUT2D eigenvalue weighted by Gasteiger charge is -2.35. The van der Waals surface area contributed by atoms with E-state index in [2.05, 4.69) is 35.3 Å². The van der Waals surface area contributed by atoms with Crippen molar-refractivity contribution in [1.82, 2.24) is 20.1 Å². The molecule has 154 valence electrons. The van der Waals surface area contributed by atoms with Crippen molar-refractivity contribution in [3.63, 3.8) is 0 Å². The molecule has 3 aliphatic rings. The highest BCUT2D eigenvalue weighted by atomic mass is 32.1. The molecule has 1 N–H and O–H groups in total. The smallest absolute Gasteiger partial charge is 0.323 e. The van der Waals surface area contributed by atoms with Crippen molar-refractivity contribution in [2.24, 2.45) is 5.92 Å². The Morgan fingerprint density at radius 2 is 2.00 bits per heavy atom. The number of rotatable bonds is 3. The van der Waals surface area contributed by atoms with Crippen LogP contribution in [0.3, 0.4) is 0 Å². The van der Waals surface area contributed by atoms with Gasteiger partial charge in [0.15, 0.2) is 0 Å². The van der Waals surface area contributed by atoms with Crippen molar-refractivity contribution in [3.8, 4) is 0 Å². The van der Waals surface area contributed by atoms with E-state index in [9.17, 15) is 9.59 Å². The van der Waals surface area contributed by atoms with E-state index in [0.717, 1.165) is 57.1 Å². The number of likely N-dealkylation sites (tertiary alicyclic amines) is 1. The molecule has 1 atom stereocenters. The normalized spacial score (nSPS) is 31.0. The summed E-state index contributed by atoms with van der Waals surface area (Å²) >= 11 is 1.77. The van der Waals surface area contributed by atoms with Gasteiger partial charge in [-0.15, -0.1) is 11.3 Å². The molecule has 0 radical (unpaired) electrons. The molecule has 0 bridgehead atoms. The molecule has 0 unspecified atom stereocenters. The summed E-state index contributed by atoms with van der Waals surface area (Å²) < 4.78 is 1.22. The zero-order valence-corrected chi connectivity index (χ0v) is 17.7. The highest BCUT2D eigenvalue weighted by Crippen LogP contribution is 2.37. The number of imide groups is 1. The summed E-state index contributed by atoms with van der Waals surface area (Å²) in [6, 6.07) is 8.05. The van der Waals surface area contributed by atoms with E-state index in [-0.39, 0.29) is 11.9 Å². The summed E-state index contributed by atoms with van der Waals surface area (Å²) in [6.07, 6.45) is 5.71. The topological polar surface area (TPSA) is 65.5 Å². The fraction of sp³-hybridized carbons (Fsp3) is 0.591. The van der Waals surface area contributed by atoms with Crippen LogP contribution in [0.5, 0.6) is 0 Å². The summed E-state index contributed by atoms with van der Waals surface area (Å²) in [7, 11) is 0. The molecule has 1 saturated carbocycles. The molecule has 1 aromatic carbocycles. The SMILES string of the molecule is CC1CCC2(CC1)NC(=O)N(CN1CCC[C@H](c3nc4ccccc4s3)C1)C2=O. The number of hydrogen-bond acceptors (Lipinski definition) is 5. The van der Waals surface area contributed by atoms with Crippen molar-refractivity contribution >= 4 is 33.5 Å². The Labute approximate surface area is 175 Å². The van der Waals surface area contributed by atoms with Gasteiger partial charge >= 0.3 is 6.03 Å². The number of amides is 3. The van der Waals surface area contributed by atoms with Gasteiger partial charge in [-0.05, 0) is 63.1 Å². The third kappa shape index (κ3) is 3.44. The molecule has 2 aliphatic heterocycles. The van der Waals surface area contributed by atoms with E-state index in [1.807, 2.05) is 6.07 Å². The lowest BCUT2D eigenvalue weighted by Crippen LogP contribution is -2.50. The number of para-hydroxylation sites is 1.